The summed E-state index contributed by atoms with van der Waals surface area (Å²) in [6.07, 6.45) is 0.224. The molecular weight excluding hydrogens is 368 g/mol. The van der Waals surface area contributed by atoms with Crippen LogP contribution in [0.5, 0.6) is 5.75 Å². The molecule has 1 aromatic rings. The number of hydrogen-bond acceptors (Lipinski definition) is 7. The van der Waals surface area contributed by atoms with E-state index < -0.39 is 10.0 Å². The summed E-state index contributed by atoms with van der Waals surface area (Å²) in [6.45, 7) is 0. The van der Waals surface area contributed by atoms with E-state index in [1.54, 1.807) is 6.07 Å². The van der Waals surface area contributed by atoms with Crippen molar-refractivity contribution in [2.75, 3.05) is 45.1 Å². The minimum absolute atomic E-state index is 0.0313. The zero-order valence-corrected chi connectivity index (χ0v) is 16.2. The van der Waals surface area contributed by atoms with Crippen molar-refractivity contribution >= 4 is 39.3 Å². The van der Waals surface area contributed by atoms with Crippen LogP contribution < -0.4 is 10.1 Å². The monoisotopic (exact) mass is 390 g/mol. The van der Waals surface area contributed by atoms with E-state index in [1.807, 2.05) is 0 Å². The zero-order chi connectivity index (χ0) is 19.0. The maximum absolute atomic E-state index is 12.3. The van der Waals surface area contributed by atoms with Crippen LogP contribution in [-0.2, 0) is 24.3 Å². The summed E-state index contributed by atoms with van der Waals surface area (Å²) in [5.74, 6) is 0.163. The lowest BCUT2D eigenvalue weighted by Crippen LogP contribution is -2.23. The van der Waals surface area contributed by atoms with Gasteiger partial charge in [-0.05, 0) is 18.2 Å². The molecule has 1 N–H and O–H groups in total. The number of esters is 1. The molecule has 1 rings (SSSR count). The zero-order valence-electron chi connectivity index (χ0n) is 14.6. The maximum Gasteiger partial charge on any atom is 0.306 e. The van der Waals surface area contributed by atoms with Gasteiger partial charge >= 0.3 is 5.97 Å². The molecule has 0 saturated heterocycles. The minimum Gasteiger partial charge on any atom is -0.495 e. The highest BCUT2D eigenvalue weighted by atomic mass is 32.2. The molecule has 0 aliphatic heterocycles. The molecule has 0 aliphatic carbocycles. The van der Waals surface area contributed by atoms with Gasteiger partial charge in [-0.2, -0.15) is 11.8 Å². The van der Waals surface area contributed by atoms with Gasteiger partial charge in [0.05, 0.1) is 26.4 Å². The lowest BCUT2D eigenvalue weighted by molar-refractivity contribution is -0.140. The molecule has 0 radical (unpaired) electrons. The molecule has 0 atom stereocenters. The van der Waals surface area contributed by atoms with Crippen molar-refractivity contribution in [1.29, 1.82) is 0 Å². The number of rotatable bonds is 9. The summed E-state index contributed by atoms with van der Waals surface area (Å²) in [7, 11) is 1.80. The lowest BCUT2D eigenvalue weighted by Gasteiger charge is -2.16. The second-order valence-corrected chi connectivity index (χ2v) is 8.31. The van der Waals surface area contributed by atoms with E-state index in [0.29, 0.717) is 11.4 Å². The molecular formula is C15H22N2O6S2. The van der Waals surface area contributed by atoms with Crippen LogP contribution in [0.25, 0.3) is 0 Å². The Morgan fingerprint density at radius 1 is 1.24 bits per heavy atom. The number of benzene rings is 1. The molecule has 10 heteroatoms. The van der Waals surface area contributed by atoms with Crippen molar-refractivity contribution in [2.24, 2.45) is 0 Å². The van der Waals surface area contributed by atoms with E-state index in [0.717, 1.165) is 4.31 Å². The lowest BCUT2D eigenvalue weighted by atomic mass is 10.3. The fourth-order valence-corrected chi connectivity index (χ4v) is 3.56. The van der Waals surface area contributed by atoms with Crippen molar-refractivity contribution < 1.29 is 27.5 Å². The highest BCUT2D eigenvalue weighted by Crippen LogP contribution is 2.28. The van der Waals surface area contributed by atoms with Gasteiger partial charge < -0.3 is 14.8 Å². The van der Waals surface area contributed by atoms with Crippen molar-refractivity contribution in [3.05, 3.63) is 18.2 Å². The van der Waals surface area contributed by atoms with Crippen LogP contribution >= 0.6 is 11.8 Å². The molecule has 0 saturated carbocycles. The van der Waals surface area contributed by atoms with E-state index in [1.165, 1.54) is 52.2 Å². The standard InChI is InChI=1S/C15H22N2O6S2/c1-17(2)25(20,21)13-9-11(5-6-12(13)22-3)16-14(18)10-24-8-7-15(19)23-4/h5-6,9H,7-8,10H2,1-4H3,(H,16,18). The number of ether oxygens (including phenoxy) is 2. The van der Waals surface area contributed by atoms with Crippen LogP contribution in [0.15, 0.2) is 23.1 Å². The van der Waals surface area contributed by atoms with E-state index in [-0.39, 0.29) is 34.7 Å². The molecule has 0 unspecified atom stereocenters. The minimum atomic E-state index is -3.71. The number of methoxy groups -OCH3 is 2. The summed E-state index contributed by atoms with van der Waals surface area (Å²) < 4.78 is 35.3. The molecule has 0 fully saturated rings. The first kappa shape index (κ1) is 21.3. The smallest absolute Gasteiger partial charge is 0.306 e. The Morgan fingerprint density at radius 2 is 1.92 bits per heavy atom. The fraction of sp³-hybridized carbons (Fsp3) is 0.467. The van der Waals surface area contributed by atoms with Crippen molar-refractivity contribution in [3.8, 4) is 5.75 Å². The van der Waals surface area contributed by atoms with Crippen LogP contribution in [0.4, 0.5) is 5.69 Å². The predicted molar refractivity (Wildman–Crippen MR) is 96.5 cm³/mol. The molecule has 0 aliphatic rings. The number of thioether (sulfide) groups is 1. The van der Waals surface area contributed by atoms with Gasteiger partial charge in [0.15, 0.2) is 0 Å². The second-order valence-electron chi connectivity index (χ2n) is 5.08. The summed E-state index contributed by atoms with van der Waals surface area (Å²) in [5, 5.41) is 2.63. The topological polar surface area (TPSA) is 102 Å². The summed E-state index contributed by atoms with van der Waals surface area (Å²) in [5.41, 5.74) is 0.347. The Balaban J connectivity index is 2.77. The highest BCUT2D eigenvalue weighted by molar-refractivity contribution is 7.99. The Kier molecular flexibility index (Phi) is 8.20. The third-order valence-electron chi connectivity index (χ3n) is 3.12. The number of hydrogen-bond donors (Lipinski definition) is 1. The molecule has 140 valence electrons. The van der Waals surface area contributed by atoms with E-state index in [4.69, 9.17) is 4.74 Å². The third-order valence-corrected chi connectivity index (χ3v) is 5.91. The molecule has 1 amide bonds. The van der Waals surface area contributed by atoms with Crippen LogP contribution in [0, 0.1) is 0 Å². The average molecular weight is 390 g/mol. The largest absolute Gasteiger partial charge is 0.495 e. The maximum atomic E-state index is 12.3. The fourth-order valence-electron chi connectivity index (χ4n) is 1.77. The van der Waals surface area contributed by atoms with Gasteiger partial charge in [-0.1, -0.05) is 0 Å². The summed E-state index contributed by atoms with van der Waals surface area (Å²) >= 11 is 1.28. The quantitative estimate of drug-likeness (QED) is 0.499. The first-order valence-corrected chi connectivity index (χ1v) is 9.86. The summed E-state index contributed by atoms with van der Waals surface area (Å²) in [6, 6.07) is 4.39. The van der Waals surface area contributed by atoms with E-state index in [2.05, 4.69) is 10.1 Å². The van der Waals surface area contributed by atoms with Crippen molar-refractivity contribution in [2.45, 2.75) is 11.3 Å². The number of anilines is 1. The Morgan fingerprint density at radius 3 is 2.48 bits per heavy atom. The SMILES string of the molecule is COC(=O)CCSCC(=O)Nc1ccc(OC)c(S(=O)(=O)N(C)C)c1. The molecule has 1 aromatic carbocycles. The van der Waals surface area contributed by atoms with Gasteiger partial charge in [0.25, 0.3) is 0 Å². The van der Waals surface area contributed by atoms with Gasteiger partial charge in [-0.15, -0.1) is 0 Å². The third kappa shape index (κ3) is 6.22. The molecule has 0 heterocycles. The Labute approximate surface area is 151 Å². The molecule has 25 heavy (non-hydrogen) atoms. The number of sulfonamides is 1. The van der Waals surface area contributed by atoms with Crippen molar-refractivity contribution in [1.82, 2.24) is 4.31 Å². The first-order valence-electron chi connectivity index (χ1n) is 7.27. The van der Waals surface area contributed by atoms with Gasteiger partial charge in [0.2, 0.25) is 15.9 Å². The van der Waals surface area contributed by atoms with Gasteiger partial charge in [-0.25, -0.2) is 12.7 Å². The number of nitrogens with zero attached hydrogens (tertiary/aromatic N) is 1. The number of amides is 1. The number of nitrogens with one attached hydrogen (secondary N) is 1. The normalized spacial score (nSPS) is 11.2. The average Bonchev–Trinajstić information content (AvgIpc) is 2.58. The van der Waals surface area contributed by atoms with Crippen LogP contribution in [-0.4, -0.2) is 64.4 Å². The number of carbonyl (C=O) groups excluding carboxylic acids is 2. The van der Waals surface area contributed by atoms with Crippen LogP contribution in [0.3, 0.4) is 0 Å². The van der Waals surface area contributed by atoms with E-state index in [9.17, 15) is 18.0 Å². The highest BCUT2D eigenvalue weighted by Gasteiger charge is 2.23. The predicted octanol–water partition coefficient (Wildman–Crippen LogP) is 1.18. The molecule has 0 spiro atoms. The molecule has 8 nitrogen and oxygen atoms in total. The van der Waals surface area contributed by atoms with Crippen LogP contribution in [0.2, 0.25) is 0 Å². The van der Waals surface area contributed by atoms with E-state index >= 15 is 0 Å². The van der Waals surface area contributed by atoms with Crippen molar-refractivity contribution in [3.63, 3.8) is 0 Å². The Bertz CT molecular complexity index is 719. The van der Waals surface area contributed by atoms with Gasteiger partial charge in [0, 0.05) is 25.5 Å². The van der Waals surface area contributed by atoms with Crippen LogP contribution in [0.1, 0.15) is 6.42 Å². The van der Waals surface area contributed by atoms with Gasteiger partial charge in [-0.3, -0.25) is 9.59 Å². The molecule has 0 aromatic heterocycles. The Hall–Kier alpha value is -1.78. The molecule has 0 bridgehead atoms. The van der Waals surface area contributed by atoms with Gasteiger partial charge in [0.1, 0.15) is 10.6 Å². The number of carbonyl (C=O) groups is 2. The first-order chi connectivity index (χ1) is 11.7. The summed E-state index contributed by atoms with van der Waals surface area (Å²) in [4.78, 5) is 22.9. The second kappa shape index (κ2) is 9.64.